The second-order valence-electron chi connectivity index (χ2n) is 9.13. The van der Waals surface area contributed by atoms with Crippen molar-refractivity contribution in [2.24, 2.45) is 5.73 Å². The molecule has 0 radical (unpaired) electrons. The molecule has 1 aliphatic rings. The average Bonchev–Trinajstić information content (AvgIpc) is 3.02. The molecule has 2 N–H and O–H groups in total. The number of hydrogen-bond donors (Lipinski definition) is 1. The summed E-state index contributed by atoms with van der Waals surface area (Å²) in [6.45, 7) is -0.817. The third kappa shape index (κ3) is 5.92. The molecular weight excluding hydrogens is 575 g/mol. The van der Waals surface area contributed by atoms with Crippen molar-refractivity contribution >= 4 is 5.97 Å². The highest BCUT2D eigenvalue weighted by atomic mass is 19.2. The van der Waals surface area contributed by atoms with E-state index >= 15 is 0 Å². The molecule has 0 spiro atoms. The summed E-state index contributed by atoms with van der Waals surface area (Å²) in [6, 6.07) is 22.9. The molecule has 5 rings (SSSR count). The van der Waals surface area contributed by atoms with Gasteiger partial charge in [0.2, 0.25) is 35.0 Å². The van der Waals surface area contributed by atoms with Gasteiger partial charge in [0.1, 0.15) is 35.5 Å². The van der Waals surface area contributed by atoms with E-state index in [1.165, 1.54) is 18.2 Å². The van der Waals surface area contributed by atoms with Crippen LogP contribution in [0.2, 0.25) is 0 Å². The zero-order valence-corrected chi connectivity index (χ0v) is 21.9. The van der Waals surface area contributed by atoms with Crippen molar-refractivity contribution in [2.45, 2.75) is 12.5 Å². The molecule has 0 amide bonds. The van der Waals surface area contributed by atoms with Gasteiger partial charge in [0.25, 0.3) is 0 Å². The van der Waals surface area contributed by atoms with Crippen LogP contribution >= 0.6 is 0 Å². The SMILES string of the molecule is N#CC1=C(N)Oc2cc(OC(=O)COc3c(F)c(F)c(F)c(F)c3F)ccc2C1c1ccc(OCc2ccccc2)cc1. The van der Waals surface area contributed by atoms with Crippen molar-refractivity contribution in [1.82, 2.24) is 0 Å². The minimum Gasteiger partial charge on any atom is -0.489 e. The van der Waals surface area contributed by atoms with Gasteiger partial charge in [-0.1, -0.05) is 48.5 Å². The number of nitrogens with zero attached hydrogens (tertiary/aromatic N) is 1. The van der Waals surface area contributed by atoms with Crippen LogP contribution in [0.3, 0.4) is 0 Å². The quantitative estimate of drug-likeness (QED) is 0.0857. The molecule has 4 aromatic carbocycles. The Labute approximate surface area is 241 Å². The molecule has 1 heterocycles. The smallest absolute Gasteiger partial charge is 0.349 e. The molecule has 218 valence electrons. The molecule has 1 atom stereocenters. The summed E-state index contributed by atoms with van der Waals surface area (Å²) < 4.78 is 88.6. The molecular formula is C31H19F5N2O5. The average molecular weight is 594 g/mol. The van der Waals surface area contributed by atoms with Crippen LogP contribution in [-0.2, 0) is 11.4 Å². The van der Waals surface area contributed by atoms with Gasteiger partial charge in [0.05, 0.1) is 5.92 Å². The van der Waals surface area contributed by atoms with Gasteiger partial charge in [-0.25, -0.2) is 18.0 Å². The first-order valence-corrected chi connectivity index (χ1v) is 12.5. The Balaban J connectivity index is 1.31. The van der Waals surface area contributed by atoms with Crippen LogP contribution in [0.25, 0.3) is 0 Å². The highest BCUT2D eigenvalue weighted by Crippen LogP contribution is 2.43. The van der Waals surface area contributed by atoms with E-state index in [2.05, 4.69) is 10.8 Å². The van der Waals surface area contributed by atoms with Crippen molar-refractivity contribution < 1.29 is 45.7 Å². The van der Waals surface area contributed by atoms with Gasteiger partial charge in [-0.2, -0.15) is 14.0 Å². The second-order valence-corrected chi connectivity index (χ2v) is 9.13. The van der Waals surface area contributed by atoms with Crippen molar-refractivity contribution in [3.05, 3.63) is 130 Å². The first-order valence-electron chi connectivity index (χ1n) is 12.5. The fourth-order valence-electron chi connectivity index (χ4n) is 4.34. The molecule has 0 aliphatic carbocycles. The van der Waals surface area contributed by atoms with Crippen LogP contribution in [0.15, 0.2) is 84.3 Å². The molecule has 0 bridgehead atoms. The number of esters is 1. The Morgan fingerprint density at radius 2 is 1.47 bits per heavy atom. The Morgan fingerprint density at radius 3 is 2.12 bits per heavy atom. The predicted octanol–water partition coefficient (Wildman–Crippen LogP) is 6.16. The van der Waals surface area contributed by atoms with Crippen molar-refractivity contribution in [3.63, 3.8) is 0 Å². The monoisotopic (exact) mass is 594 g/mol. The third-order valence-corrected chi connectivity index (χ3v) is 6.39. The molecule has 0 saturated carbocycles. The van der Waals surface area contributed by atoms with Crippen molar-refractivity contribution in [2.75, 3.05) is 6.61 Å². The van der Waals surface area contributed by atoms with Gasteiger partial charge in [-0.3, -0.25) is 0 Å². The van der Waals surface area contributed by atoms with Crippen LogP contribution < -0.4 is 24.7 Å². The standard InChI is InChI=1S/C31H19F5N2O5/c32-25-26(33)28(35)30(29(36)27(25)34)41-15-23(39)42-19-10-11-20-22(12-19)43-31(38)21(13-37)24(20)17-6-8-18(9-7-17)40-14-16-4-2-1-3-5-16/h1-12,24H,14-15,38H2. The fraction of sp³-hybridized carbons (Fsp3) is 0.0968. The summed E-state index contributed by atoms with van der Waals surface area (Å²) in [5.74, 6) is -14.3. The number of rotatable bonds is 8. The van der Waals surface area contributed by atoms with E-state index in [-0.39, 0.29) is 23.0 Å². The minimum atomic E-state index is -2.36. The third-order valence-electron chi connectivity index (χ3n) is 6.39. The second kappa shape index (κ2) is 12.1. The van der Waals surface area contributed by atoms with E-state index in [9.17, 15) is 32.0 Å². The molecule has 1 unspecified atom stereocenters. The number of fused-ring (bicyclic) bond motifs is 1. The van der Waals surface area contributed by atoms with Gasteiger partial charge in [0, 0.05) is 11.6 Å². The molecule has 0 saturated heterocycles. The summed E-state index contributed by atoms with van der Waals surface area (Å²) in [5.41, 5.74) is 8.37. The zero-order valence-electron chi connectivity index (χ0n) is 21.9. The number of carbonyl (C=O) groups is 1. The normalized spacial score (nSPS) is 13.9. The fourth-order valence-corrected chi connectivity index (χ4v) is 4.34. The summed E-state index contributed by atoms with van der Waals surface area (Å²) in [5, 5.41) is 9.80. The number of carbonyl (C=O) groups excluding carboxylic acids is 1. The van der Waals surface area contributed by atoms with Crippen molar-refractivity contribution in [3.8, 4) is 29.1 Å². The van der Waals surface area contributed by atoms with Gasteiger partial charge in [-0.05, 0) is 29.3 Å². The molecule has 1 aliphatic heterocycles. The van der Waals surface area contributed by atoms with Gasteiger partial charge >= 0.3 is 5.97 Å². The molecule has 12 heteroatoms. The Bertz CT molecular complexity index is 1740. The topological polar surface area (TPSA) is 104 Å². The summed E-state index contributed by atoms with van der Waals surface area (Å²) in [6.07, 6.45) is 0. The van der Waals surface area contributed by atoms with E-state index < -0.39 is 53.3 Å². The zero-order chi connectivity index (χ0) is 30.7. The lowest BCUT2D eigenvalue weighted by atomic mass is 9.83. The van der Waals surface area contributed by atoms with Crippen LogP contribution in [0, 0.1) is 40.4 Å². The highest BCUT2D eigenvalue weighted by molar-refractivity contribution is 5.74. The van der Waals surface area contributed by atoms with Gasteiger partial charge in [-0.15, -0.1) is 0 Å². The Kier molecular flexibility index (Phi) is 8.16. The molecule has 7 nitrogen and oxygen atoms in total. The lowest BCUT2D eigenvalue weighted by Crippen LogP contribution is -2.22. The van der Waals surface area contributed by atoms with Crippen LogP contribution in [0.1, 0.15) is 22.6 Å². The van der Waals surface area contributed by atoms with E-state index in [4.69, 9.17) is 19.9 Å². The lowest BCUT2D eigenvalue weighted by Gasteiger charge is -2.26. The number of nitriles is 1. The van der Waals surface area contributed by atoms with Crippen LogP contribution in [0.5, 0.6) is 23.0 Å². The number of halogens is 5. The first-order chi connectivity index (χ1) is 20.7. The van der Waals surface area contributed by atoms with E-state index in [0.29, 0.717) is 23.5 Å². The summed E-state index contributed by atoms with van der Waals surface area (Å²) in [7, 11) is 0. The van der Waals surface area contributed by atoms with E-state index in [0.717, 1.165) is 5.56 Å². The maximum absolute atomic E-state index is 13.8. The molecule has 43 heavy (non-hydrogen) atoms. The van der Waals surface area contributed by atoms with E-state index in [1.54, 1.807) is 24.3 Å². The number of nitrogens with two attached hydrogens (primary N) is 1. The molecule has 0 fully saturated rings. The molecule has 0 aromatic heterocycles. The number of benzene rings is 4. The lowest BCUT2D eigenvalue weighted by molar-refractivity contribution is -0.136. The van der Waals surface area contributed by atoms with Gasteiger partial charge in [0.15, 0.2) is 12.4 Å². The highest BCUT2D eigenvalue weighted by Gasteiger charge is 2.31. The number of allylic oxidation sites excluding steroid dienone is 1. The predicted molar refractivity (Wildman–Crippen MR) is 140 cm³/mol. The Hall–Kier alpha value is -5.57. The van der Waals surface area contributed by atoms with Crippen LogP contribution in [0.4, 0.5) is 22.0 Å². The largest absolute Gasteiger partial charge is 0.489 e. The van der Waals surface area contributed by atoms with E-state index in [1.807, 2.05) is 30.3 Å². The number of ether oxygens (including phenoxy) is 4. The number of hydrogen-bond acceptors (Lipinski definition) is 7. The Morgan fingerprint density at radius 1 is 0.837 bits per heavy atom. The van der Waals surface area contributed by atoms with Crippen LogP contribution in [-0.4, -0.2) is 12.6 Å². The molecule has 4 aromatic rings. The summed E-state index contributed by atoms with van der Waals surface area (Å²) >= 11 is 0. The minimum absolute atomic E-state index is 0.110. The maximum atomic E-state index is 13.8. The first kappa shape index (κ1) is 28.9. The summed E-state index contributed by atoms with van der Waals surface area (Å²) in [4.78, 5) is 12.3. The van der Waals surface area contributed by atoms with Crippen molar-refractivity contribution in [1.29, 1.82) is 5.26 Å². The maximum Gasteiger partial charge on any atom is 0.349 e. The van der Waals surface area contributed by atoms with Gasteiger partial charge < -0.3 is 24.7 Å².